The van der Waals surface area contributed by atoms with E-state index in [-0.39, 0.29) is 17.9 Å². The molecule has 23 heavy (non-hydrogen) atoms. The van der Waals surface area contributed by atoms with Gasteiger partial charge in [-0.3, -0.25) is 9.59 Å². The van der Waals surface area contributed by atoms with Crippen LogP contribution >= 0.6 is 0 Å². The van der Waals surface area contributed by atoms with Gasteiger partial charge in [-0.15, -0.1) is 0 Å². The van der Waals surface area contributed by atoms with E-state index in [1.165, 1.54) is 0 Å². The molecule has 0 bridgehead atoms. The van der Waals surface area contributed by atoms with Crippen LogP contribution in [0.1, 0.15) is 91.4 Å². The number of hydrogen-bond acceptors (Lipinski definition) is 4. The molecule has 0 aromatic rings. The zero-order chi connectivity index (χ0) is 17.3. The number of hydrogen-bond donors (Lipinski definition) is 0. The first-order chi connectivity index (χ1) is 11.2. The summed E-state index contributed by atoms with van der Waals surface area (Å²) in [7, 11) is 0. The Morgan fingerprint density at radius 1 is 0.739 bits per heavy atom. The third-order valence-corrected chi connectivity index (χ3v) is 3.93. The maximum absolute atomic E-state index is 12.1. The monoisotopic (exact) mass is 328 g/mol. The normalized spacial score (nSPS) is 10.8. The van der Waals surface area contributed by atoms with Crippen molar-refractivity contribution in [3.05, 3.63) is 0 Å². The highest BCUT2D eigenvalue weighted by molar-refractivity contribution is 5.72. The van der Waals surface area contributed by atoms with Gasteiger partial charge in [0.05, 0.1) is 19.1 Å². The average Bonchev–Trinajstić information content (AvgIpc) is 2.55. The summed E-state index contributed by atoms with van der Waals surface area (Å²) in [4.78, 5) is 23.6. The number of esters is 2. The van der Waals surface area contributed by atoms with Crippen LogP contribution in [0.25, 0.3) is 0 Å². The van der Waals surface area contributed by atoms with Gasteiger partial charge in [0.25, 0.3) is 0 Å². The lowest BCUT2D eigenvalue weighted by molar-refractivity contribution is -0.151. The molecule has 0 spiro atoms. The number of ether oxygens (including phenoxy) is 2. The smallest absolute Gasteiger partial charge is 0.308 e. The fourth-order valence-electron chi connectivity index (χ4n) is 2.40. The second-order valence-electron chi connectivity index (χ2n) is 6.18. The first kappa shape index (κ1) is 21.9. The Morgan fingerprint density at radius 2 is 1.30 bits per heavy atom. The van der Waals surface area contributed by atoms with Crippen LogP contribution in [-0.2, 0) is 19.1 Å². The molecule has 0 unspecified atom stereocenters. The SMILES string of the molecule is CCCCCOC(=O)CCCOC(=O)C(CCCC)CCCC. The Hall–Kier alpha value is -1.06. The molecular weight excluding hydrogens is 292 g/mol. The predicted octanol–water partition coefficient (Wildman–Crippen LogP) is 5.04. The van der Waals surface area contributed by atoms with Crippen LogP contribution in [0.5, 0.6) is 0 Å². The molecule has 0 aromatic heterocycles. The fraction of sp³-hybridized carbons (Fsp3) is 0.895. The first-order valence-electron chi connectivity index (χ1n) is 9.47. The molecule has 0 aromatic carbocycles. The van der Waals surface area contributed by atoms with E-state index >= 15 is 0 Å². The van der Waals surface area contributed by atoms with Crippen molar-refractivity contribution < 1.29 is 19.1 Å². The Bertz CT molecular complexity index is 294. The summed E-state index contributed by atoms with van der Waals surface area (Å²) in [5.74, 6) is -0.259. The van der Waals surface area contributed by atoms with Gasteiger partial charge in [0, 0.05) is 6.42 Å². The van der Waals surface area contributed by atoms with Crippen molar-refractivity contribution in [1.29, 1.82) is 0 Å². The van der Waals surface area contributed by atoms with Gasteiger partial charge in [-0.1, -0.05) is 59.3 Å². The Morgan fingerprint density at radius 3 is 1.87 bits per heavy atom. The maximum atomic E-state index is 12.1. The quantitative estimate of drug-likeness (QED) is 0.312. The minimum Gasteiger partial charge on any atom is -0.466 e. The standard InChI is InChI=1S/C19H36O4/c1-4-7-10-15-22-18(20)14-11-16-23-19(21)17(12-8-5-2)13-9-6-3/h17H,4-16H2,1-3H3. The van der Waals surface area contributed by atoms with E-state index in [1.54, 1.807) is 0 Å². The number of carbonyl (C=O) groups is 2. The summed E-state index contributed by atoms with van der Waals surface area (Å²) in [5.41, 5.74) is 0. The van der Waals surface area contributed by atoms with Crippen LogP contribution in [-0.4, -0.2) is 25.2 Å². The molecule has 136 valence electrons. The molecule has 0 aliphatic heterocycles. The zero-order valence-corrected chi connectivity index (χ0v) is 15.4. The lowest BCUT2D eigenvalue weighted by Crippen LogP contribution is -2.19. The van der Waals surface area contributed by atoms with E-state index in [1.807, 2.05) is 0 Å². The third-order valence-electron chi connectivity index (χ3n) is 3.93. The Kier molecular flexibility index (Phi) is 15.1. The van der Waals surface area contributed by atoms with Crippen LogP contribution in [0.4, 0.5) is 0 Å². The van der Waals surface area contributed by atoms with Crippen LogP contribution in [0.2, 0.25) is 0 Å². The zero-order valence-electron chi connectivity index (χ0n) is 15.4. The Balaban J connectivity index is 3.81. The van der Waals surface area contributed by atoms with Gasteiger partial charge < -0.3 is 9.47 Å². The molecule has 0 saturated heterocycles. The molecule has 0 saturated carbocycles. The summed E-state index contributed by atoms with van der Waals surface area (Å²) in [6.45, 7) is 7.20. The molecule has 0 amide bonds. The molecule has 0 fully saturated rings. The molecule has 4 heteroatoms. The van der Waals surface area contributed by atoms with Crippen molar-refractivity contribution >= 4 is 11.9 Å². The van der Waals surface area contributed by atoms with Gasteiger partial charge in [0.2, 0.25) is 0 Å². The van der Waals surface area contributed by atoms with Gasteiger partial charge in [-0.05, 0) is 25.7 Å². The molecule has 4 nitrogen and oxygen atoms in total. The molecule has 0 N–H and O–H groups in total. The van der Waals surface area contributed by atoms with Gasteiger partial charge in [-0.2, -0.15) is 0 Å². The average molecular weight is 328 g/mol. The fourth-order valence-corrected chi connectivity index (χ4v) is 2.40. The first-order valence-corrected chi connectivity index (χ1v) is 9.47. The van der Waals surface area contributed by atoms with Crippen molar-refractivity contribution in [2.24, 2.45) is 5.92 Å². The minimum absolute atomic E-state index is 0.0240. The minimum atomic E-state index is -0.189. The van der Waals surface area contributed by atoms with E-state index < -0.39 is 0 Å². The van der Waals surface area contributed by atoms with Gasteiger partial charge in [0.1, 0.15) is 0 Å². The van der Waals surface area contributed by atoms with Gasteiger partial charge in [0.15, 0.2) is 0 Å². The topological polar surface area (TPSA) is 52.6 Å². The molecule has 0 radical (unpaired) electrons. The van der Waals surface area contributed by atoms with Crippen LogP contribution in [0.15, 0.2) is 0 Å². The summed E-state index contributed by atoms with van der Waals surface area (Å²) in [6, 6.07) is 0. The van der Waals surface area contributed by atoms with Crippen molar-refractivity contribution in [1.82, 2.24) is 0 Å². The summed E-state index contributed by atoms with van der Waals surface area (Å²) >= 11 is 0. The maximum Gasteiger partial charge on any atom is 0.308 e. The van der Waals surface area contributed by atoms with Crippen molar-refractivity contribution in [3.8, 4) is 0 Å². The number of rotatable bonds is 15. The van der Waals surface area contributed by atoms with E-state index in [0.29, 0.717) is 26.1 Å². The van der Waals surface area contributed by atoms with E-state index in [4.69, 9.17) is 9.47 Å². The highest BCUT2D eigenvalue weighted by atomic mass is 16.5. The van der Waals surface area contributed by atoms with E-state index in [9.17, 15) is 9.59 Å². The molecule has 0 atom stereocenters. The molecular formula is C19H36O4. The number of carbonyl (C=O) groups excluding carboxylic acids is 2. The van der Waals surface area contributed by atoms with Crippen molar-refractivity contribution in [2.75, 3.05) is 13.2 Å². The van der Waals surface area contributed by atoms with E-state index in [0.717, 1.165) is 57.8 Å². The summed E-state index contributed by atoms with van der Waals surface area (Å²) in [6.07, 6.45) is 10.1. The van der Waals surface area contributed by atoms with Crippen LogP contribution in [0.3, 0.4) is 0 Å². The van der Waals surface area contributed by atoms with Crippen molar-refractivity contribution in [3.63, 3.8) is 0 Å². The molecule has 0 aliphatic rings. The van der Waals surface area contributed by atoms with Crippen LogP contribution in [0, 0.1) is 5.92 Å². The summed E-state index contributed by atoms with van der Waals surface area (Å²) in [5, 5.41) is 0. The lowest BCUT2D eigenvalue weighted by Gasteiger charge is -2.15. The van der Waals surface area contributed by atoms with Crippen molar-refractivity contribution in [2.45, 2.75) is 91.4 Å². The van der Waals surface area contributed by atoms with Crippen LogP contribution < -0.4 is 0 Å². The van der Waals surface area contributed by atoms with E-state index in [2.05, 4.69) is 20.8 Å². The second-order valence-corrected chi connectivity index (χ2v) is 6.18. The van der Waals surface area contributed by atoms with Gasteiger partial charge in [-0.25, -0.2) is 0 Å². The largest absolute Gasteiger partial charge is 0.466 e. The third kappa shape index (κ3) is 13.1. The van der Waals surface area contributed by atoms with Gasteiger partial charge >= 0.3 is 11.9 Å². The second kappa shape index (κ2) is 15.8. The predicted molar refractivity (Wildman–Crippen MR) is 93.2 cm³/mol. The lowest BCUT2D eigenvalue weighted by atomic mass is 9.96. The highest BCUT2D eigenvalue weighted by Crippen LogP contribution is 2.18. The Labute approximate surface area is 142 Å². The molecule has 0 heterocycles. The molecule has 0 aliphatic carbocycles. The highest BCUT2D eigenvalue weighted by Gasteiger charge is 2.18. The number of unbranched alkanes of at least 4 members (excludes halogenated alkanes) is 4. The summed E-state index contributed by atoms with van der Waals surface area (Å²) < 4.78 is 10.5. The molecule has 0 rings (SSSR count).